The van der Waals surface area contributed by atoms with Gasteiger partial charge in [-0.3, -0.25) is 0 Å². The van der Waals surface area contributed by atoms with Crippen LogP contribution in [0.3, 0.4) is 0 Å². The molecule has 0 atom stereocenters. The Labute approximate surface area is 276 Å². The van der Waals surface area contributed by atoms with Gasteiger partial charge in [-0.2, -0.15) is 0 Å². The van der Waals surface area contributed by atoms with Gasteiger partial charge in [0.2, 0.25) is 13.4 Å². The van der Waals surface area contributed by atoms with Crippen molar-refractivity contribution >= 4 is 89.6 Å². The highest BCUT2D eigenvalue weighted by atomic mass is 14.7. The first-order chi connectivity index (χ1) is 23.8. The molecule has 2 aromatic heterocycles. The number of pyridine rings is 2. The monoisotopic (exact) mass is 600 g/mol. The van der Waals surface area contributed by atoms with Crippen LogP contribution in [0.25, 0.3) is 88.1 Å². The Bertz CT molecular complexity index is 2820. The summed E-state index contributed by atoms with van der Waals surface area (Å²) in [6.07, 6.45) is 0. The predicted molar refractivity (Wildman–Crippen MR) is 203 cm³/mol. The fourth-order valence-electron chi connectivity index (χ4n) is 10.1. The van der Waals surface area contributed by atoms with E-state index in [2.05, 4.69) is 133 Å². The van der Waals surface area contributed by atoms with E-state index in [1.54, 1.807) is 0 Å². The van der Waals surface area contributed by atoms with E-state index in [0.717, 1.165) is 22.4 Å². The second kappa shape index (κ2) is 8.10. The molecule has 0 saturated heterocycles. The average molecular weight is 600 g/mol. The normalized spacial score (nSPS) is 13.8. The van der Waals surface area contributed by atoms with Gasteiger partial charge in [-0.05, 0) is 78.0 Å². The molecule has 214 valence electrons. The van der Waals surface area contributed by atoms with E-state index in [-0.39, 0.29) is 13.4 Å². The second-order valence-corrected chi connectivity index (χ2v) is 13.9. The Hall–Kier alpha value is -5.99. The molecule has 2 nitrogen and oxygen atoms in total. The molecule has 9 aromatic rings. The maximum atomic E-state index is 5.59. The SMILES string of the molecule is c1ccc2c(c1)B1c3c-2nc2cc4c5c6c(nc4cc2c3-c2cccc3cccc1c23)-c1ccccc1B6c1cccc2cccc-5c12. The van der Waals surface area contributed by atoms with Crippen LogP contribution in [-0.4, -0.2) is 23.4 Å². The van der Waals surface area contributed by atoms with Crippen LogP contribution in [0, 0.1) is 0 Å². The van der Waals surface area contributed by atoms with Crippen LogP contribution in [0.2, 0.25) is 0 Å². The van der Waals surface area contributed by atoms with Gasteiger partial charge in [0.05, 0.1) is 22.4 Å². The molecule has 0 amide bonds. The molecular formula is C44H22B2N2. The topological polar surface area (TPSA) is 25.8 Å². The number of benzene rings is 7. The van der Waals surface area contributed by atoms with Crippen LogP contribution >= 0.6 is 0 Å². The molecule has 7 aromatic carbocycles. The van der Waals surface area contributed by atoms with Crippen molar-refractivity contribution in [3.8, 4) is 44.8 Å². The Kier molecular flexibility index (Phi) is 4.09. The second-order valence-electron chi connectivity index (χ2n) is 13.9. The third-order valence-electron chi connectivity index (χ3n) is 11.8. The van der Waals surface area contributed by atoms with Crippen molar-refractivity contribution in [2.45, 2.75) is 0 Å². The van der Waals surface area contributed by atoms with Gasteiger partial charge in [-0.15, -0.1) is 0 Å². The number of fused-ring (bicyclic) bond motifs is 14. The summed E-state index contributed by atoms with van der Waals surface area (Å²) in [5, 5.41) is 7.70. The lowest BCUT2D eigenvalue weighted by molar-refractivity contribution is 1.41. The lowest BCUT2D eigenvalue weighted by Crippen LogP contribution is -2.52. The van der Waals surface area contributed by atoms with E-state index in [9.17, 15) is 0 Å². The van der Waals surface area contributed by atoms with Gasteiger partial charge in [-0.1, -0.05) is 143 Å². The minimum atomic E-state index is 0.174. The standard InChI is InChI=1S/C44H22B2N2/c1-3-17-31-25(13-1)43-41-39(27-15-5-9-23-11-7-19-33(37(23)27)45(31)41)29-22-36-30(21-35(29)47-43)40-28-16-6-10-24-12-8-20-34(38(24)28)46-32-18-4-2-14-26(32)44(48-36)42(40)46/h1-22H. The molecule has 13 rings (SSSR count). The highest BCUT2D eigenvalue weighted by molar-refractivity contribution is 7.02. The van der Waals surface area contributed by atoms with Crippen molar-refractivity contribution in [3.63, 3.8) is 0 Å². The molecule has 0 unspecified atom stereocenters. The zero-order valence-corrected chi connectivity index (χ0v) is 25.8. The van der Waals surface area contributed by atoms with Crippen LogP contribution in [0.5, 0.6) is 0 Å². The van der Waals surface area contributed by atoms with Gasteiger partial charge in [-0.25, -0.2) is 9.97 Å². The Morgan fingerprint density at radius 2 is 0.771 bits per heavy atom. The zero-order valence-electron chi connectivity index (χ0n) is 25.8. The van der Waals surface area contributed by atoms with Crippen molar-refractivity contribution in [2.75, 3.05) is 0 Å². The first kappa shape index (κ1) is 24.2. The summed E-state index contributed by atoms with van der Waals surface area (Å²) in [5.74, 6) is 0. The third kappa shape index (κ3) is 2.63. The molecule has 0 aliphatic carbocycles. The molecule has 0 saturated carbocycles. The summed E-state index contributed by atoms with van der Waals surface area (Å²) in [6, 6.07) is 49.8. The number of rotatable bonds is 0. The van der Waals surface area contributed by atoms with Crippen molar-refractivity contribution in [1.29, 1.82) is 0 Å². The lowest BCUT2D eigenvalue weighted by Gasteiger charge is -2.27. The molecule has 0 fully saturated rings. The first-order valence-electron chi connectivity index (χ1n) is 16.9. The third-order valence-corrected chi connectivity index (χ3v) is 11.8. The average Bonchev–Trinajstić information content (AvgIpc) is 3.64. The number of aromatic nitrogens is 2. The molecule has 4 aliphatic heterocycles. The van der Waals surface area contributed by atoms with E-state index in [4.69, 9.17) is 9.97 Å². The molecule has 0 radical (unpaired) electrons. The largest absolute Gasteiger partial charge is 0.248 e. The molecule has 4 aliphatic rings. The van der Waals surface area contributed by atoms with Gasteiger partial charge in [0.25, 0.3) is 0 Å². The van der Waals surface area contributed by atoms with E-state index >= 15 is 0 Å². The first-order valence-corrected chi connectivity index (χ1v) is 16.9. The molecule has 6 heterocycles. The maximum Gasteiger partial charge on any atom is 0.246 e. The summed E-state index contributed by atoms with van der Waals surface area (Å²) in [4.78, 5) is 11.2. The van der Waals surface area contributed by atoms with E-state index in [1.807, 2.05) is 0 Å². The Balaban J connectivity index is 1.24. The van der Waals surface area contributed by atoms with Crippen LogP contribution < -0.4 is 32.8 Å². The van der Waals surface area contributed by atoms with Crippen molar-refractivity contribution < 1.29 is 0 Å². The summed E-state index contributed by atoms with van der Waals surface area (Å²) in [5.41, 5.74) is 20.3. The van der Waals surface area contributed by atoms with Crippen molar-refractivity contribution in [2.24, 2.45) is 0 Å². The van der Waals surface area contributed by atoms with Crippen LogP contribution in [-0.2, 0) is 0 Å². The van der Waals surface area contributed by atoms with Crippen molar-refractivity contribution in [3.05, 3.63) is 133 Å². The van der Waals surface area contributed by atoms with Crippen LogP contribution in [0.15, 0.2) is 133 Å². The molecule has 48 heavy (non-hydrogen) atoms. The van der Waals surface area contributed by atoms with Gasteiger partial charge < -0.3 is 0 Å². The Morgan fingerprint density at radius 1 is 0.375 bits per heavy atom. The molecular weight excluding hydrogens is 578 g/mol. The molecule has 0 bridgehead atoms. The maximum absolute atomic E-state index is 5.59. The smallest absolute Gasteiger partial charge is 0.246 e. The summed E-state index contributed by atoms with van der Waals surface area (Å²) >= 11 is 0. The lowest BCUT2D eigenvalue weighted by atomic mass is 9.35. The van der Waals surface area contributed by atoms with Crippen LogP contribution in [0.1, 0.15) is 0 Å². The van der Waals surface area contributed by atoms with Gasteiger partial charge in [0.15, 0.2) is 0 Å². The van der Waals surface area contributed by atoms with Gasteiger partial charge >= 0.3 is 0 Å². The highest BCUT2D eigenvalue weighted by Crippen LogP contribution is 2.44. The Morgan fingerprint density at radius 3 is 1.25 bits per heavy atom. The minimum absolute atomic E-state index is 0.174. The number of nitrogens with zero attached hydrogens (tertiary/aromatic N) is 2. The number of hydrogen-bond donors (Lipinski definition) is 0. The molecule has 4 heteroatoms. The van der Waals surface area contributed by atoms with Gasteiger partial charge in [0, 0.05) is 10.8 Å². The fraction of sp³-hybridized carbons (Fsp3) is 0. The predicted octanol–water partition coefficient (Wildman–Crippen LogP) is 6.04. The van der Waals surface area contributed by atoms with Gasteiger partial charge in [0.1, 0.15) is 0 Å². The summed E-state index contributed by atoms with van der Waals surface area (Å²) < 4.78 is 0. The zero-order chi connectivity index (χ0) is 30.8. The highest BCUT2D eigenvalue weighted by Gasteiger charge is 2.43. The number of hydrogen-bond acceptors (Lipinski definition) is 2. The van der Waals surface area contributed by atoms with E-state index in [0.29, 0.717) is 0 Å². The fourth-order valence-corrected chi connectivity index (χ4v) is 10.1. The quantitative estimate of drug-likeness (QED) is 0.157. The summed E-state index contributed by atoms with van der Waals surface area (Å²) in [6.45, 7) is 0.349. The molecule has 0 N–H and O–H groups in total. The van der Waals surface area contributed by atoms with E-state index in [1.165, 1.54) is 98.5 Å². The van der Waals surface area contributed by atoms with Crippen LogP contribution in [0.4, 0.5) is 0 Å². The van der Waals surface area contributed by atoms with Crippen molar-refractivity contribution in [1.82, 2.24) is 9.97 Å². The van der Waals surface area contributed by atoms with E-state index < -0.39 is 0 Å². The minimum Gasteiger partial charge on any atom is -0.248 e. The summed E-state index contributed by atoms with van der Waals surface area (Å²) in [7, 11) is 0. The molecule has 0 spiro atoms.